The molecule has 0 saturated heterocycles. The molecule has 0 aromatic heterocycles. The minimum atomic E-state index is -0.0500. The fourth-order valence-electron chi connectivity index (χ4n) is 2.02. The monoisotopic (exact) mass is 424 g/mol. The maximum atomic E-state index is 11.9. The zero-order valence-electron chi connectivity index (χ0n) is 13.3. The molecule has 0 aliphatic carbocycles. The maximum Gasteiger partial charge on any atom is 0.238 e. The minimum absolute atomic E-state index is 0.0500. The van der Waals surface area contributed by atoms with Gasteiger partial charge in [-0.3, -0.25) is 4.79 Å². The van der Waals surface area contributed by atoms with Gasteiger partial charge >= 0.3 is 0 Å². The lowest BCUT2D eigenvalue weighted by molar-refractivity contribution is -0.115. The molecule has 5 heteroatoms. The Labute approximate surface area is 150 Å². The van der Waals surface area contributed by atoms with E-state index < -0.39 is 0 Å². The number of nitrogens with one attached hydrogen (secondary N) is 2. The van der Waals surface area contributed by atoms with Gasteiger partial charge in [0.25, 0.3) is 0 Å². The molecule has 2 aromatic rings. The highest BCUT2D eigenvalue weighted by molar-refractivity contribution is 14.1. The molecule has 0 aliphatic rings. The summed E-state index contributed by atoms with van der Waals surface area (Å²) in [6.07, 6.45) is 0.170. The van der Waals surface area contributed by atoms with Gasteiger partial charge < -0.3 is 15.4 Å². The van der Waals surface area contributed by atoms with Crippen LogP contribution >= 0.6 is 22.6 Å². The number of ether oxygens (including phenoxy) is 1. The molecular weight excluding hydrogens is 403 g/mol. The van der Waals surface area contributed by atoms with Crippen LogP contribution in [-0.4, -0.2) is 18.6 Å². The zero-order chi connectivity index (χ0) is 16.7. The Kier molecular flexibility index (Phi) is 6.85. The van der Waals surface area contributed by atoms with Crippen molar-refractivity contribution in [3.05, 3.63) is 57.7 Å². The second kappa shape index (κ2) is 8.88. The maximum absolute atomic E-state index is 11.9. The molecule has 0 aliphatic heterocycles. The van der Waals surface area contributed by atoms with Crippen LogP contribution in [0.25, 0.3) is 0 Å². The van der Waals surface area contributed by atoms with Gasteiger partial charge in [0.05, 0.1) is 12.6 Å². The lowest BCUT2D eigenvalue weighted by Gasteiger charge is -2.10. The quantitative estimate of drug-likeness (QED) is 0.665. The molecule has 1 amide bonds. The van der Waals surface area contributed by atoms with Crippen LogP contribution in [0, 0.1) is 3.57 Å². The van der Waals surface area contributed by atoms with Gasteiger partial charge in [-0.15, -0.1) is 0 Å². The number of carbonyl (C=O) groups excluding carboxylic acids is 1. The fraction of sp³-hybridized carbons (Fsp3) is 0.278. The number of anilines is 1. The van der Waals surface area contributed by atoms with Crippen LogP contribution in [0.1, 0.15) is 19.4 Å². The Morgan fingerprint density at radius 2 is 1.74 bits per heavy atom. The third-order valence-corrected chi connectivity index (χ3v) is 3.76. The van der Waals surface area contributed by atoms with E-state index in [-0.39, 0.29) is 18.6 Å². The molecule has 0 heterocycles. The molecule has 0 spiro atoms. The van der Waals surface area contributed by atoms with Gasteiger partial charge in [0.15, 0.2) is 0 Å². The van der Waals surface area contributed by atoms with Crippen molar-refractivity contribution in [1.29, 1.82) is 0 Å². The van der Waals surface area contributed by atoms with Crippen molar-refractivity contribution in [1.82, 2.24) is 5.32 Å². The van der Waals surface area contributed by atoms with Crippen LogP contribution < -0.4 is 15.4 Å². The van der Waals surface area contributed by atoms with Gasteiger partial charge in [0.1, 0.15) is 5.75 Å². The SMILES string of the molecule is CC(C)Oc1ccc(CNCC(=O)Nc2ccc(I)cc2)cc1. The molecule has 2 aromatic carbocycles. The topological polar surface area (TPSA) is 50.4 Å². The van der Waals surface area contributed by atoms with Crippen molar-refractivity contribution < 1.29 is 9.53 Å². The number of carbonyl (C=O) groups is 1. The van der Waals surface area contributed by atoms with Crippen molar-refractivity contribution >= 4 is 34.2 Å². The Balaban J connectivity index is 1.73. The molecule has 2 rings (SSSR count). The molecule has 0 radical (unpaired) electrons. The van der Waals surface area contributed by atoms with Crippen molar-refractivity contribution in [2.45, 2.75) is 26.5 Å². The van der Waals surface area contributed by atoms with Gasteiger partial charge in [-0.05, 0) is 78.4 Å². The average molecular weight is 424 g/mol. The highest BCUT2D eigenvalue weighted by Gasteiger charge is 2.03. The van der Waals surface area contributed by atoms with E-state index in [1.807, 2.05) is 62.4 Å². The van der Waals surface area contributed by atoms with Gasteiger partial charge in [-0.2, -0.15) is 0 Å². The summed E-state index contributed by atoms with van der Waals surface area (Å²) in [5.74, 6) is 0.811. The molecule has 122 valence electrons. The Morgan fingerprint density at radius 3 is 2.35 bits per heavy atom. The van der Waals surface area contributed by atoms with E-state index in [1.165, 1.54) is 0 Å². The highest BCUT2D eigenvalue weighted by atomic mass is 127. The average Bonchev–Trinajstić information content (AvgIpc) is 2.51. The van der Waals surface area contributed by atoms with Gasteiger partial charge in [-0.1, -0.05) is 12.1 Å². The third-order valence-electron chi connectivity index (χ3n) is 3.04. The summed E-state index contributed by atoms with van der Waals surface area (Å²) in [5, 5.41) is 6.00. The molecular formula is C18H21IN2O2. The number of hydrogen-bond donors (Lipinski definition) is 2. The van der Waals surface area contributed by atoms with Gasteiger partial charge in [0.2, 0.25) is 5.91 Å². The van der Waals surface area contributed by atoms with E-state index in [2.05, 4.69) is 33.2 Å². The summed E-state index contributed by atoms with van der Waals surface area (Å²) >= 11 is 2.23. The van der Waals surface area contributed by atoms with Crippen molar-refractivity contribution in [3.8, 4) is 5.75 Å². The van der Waals surface area contributed by atoms with Crippen molar-refractivity contribution in [3.63, 3.8) is 0 Å². The number of rotatable bonds is 7. The van der Waals surface area contributed by atoms with Crippen LogP contribution in [0.15, 0.2) is 48.5 Å². The number of benzene rings is 2. The number of halogens is 1. The fourth-order valence-corrected chi connectivity index (χ4v) is 2.38. The van der Waals surface area contributed by atoms with Crippen LogP contribution in [0.5, 0.6) is 5.75 Å². The first-order chi connectivity index (χ1) is 11.0. The molecule has 0 fully saturated rings. The van der Waals surface area contributed by atoms with E-state index >= 15 is 0 Å². The van der Waals surface area contributed by atoms with Gasteiger partial charge in [-0.25, -0.2) is 0 Å². The second-order valence-electron chi connectivity index (χ2n) is 5.47. The molecule has 4 nitrogen and oxygen atoms in total. The van der Waals surface area contributed by atoms with E-state index in [0.29, 0.717) is 6.54 Å². The Hall–Kier alpha value is -1.60. The van der Waals surface area contributed by atoms with Crippen molar-refractivity contribution in [2.75, 3.05) is 11.9 Å². The lowest BCUT2D eigenvalue weighted by atomic mass is 10.2. The molecule has 0 bridgehead atoms. The van der Waals surface area contributed by atoms with E-state index in [9.17, 15) is 4.79 Å². The zero-order valence-corrected chi connectivity index (χ0v) is 15.5. The van der Waals surface area contributed by atoms with Crippen LogP contribution in [0.3, 0.4) is 0 Å². The normalized spacial score (nSPS) is 10.6. The third kappa shape index (κ3) is 6.58. The summed E-state index contributed by atoms with van der Waals surface area (Å²) in [6.45, 7) is 4.92. The first-order valence-electron chi connectivity index (χ1n) is 7.54. The predicted molar refractivity (Wildman–Crippen MR) is 102 cm³/mol. The van der Waals surface area contributed by atoms with Crippen LogP contribution in [-0.2, 0) is 11.3 Å². The summed E-state index contributed by atoms with van der Waals surface area (Å²) in [5.41, 5.74) is 1.93. The highest BCUT2D eigenvalue weighted by Crippen LogP contribution is 2.14. The Morgan fingerprint density at radius 1 is 1.09 bits per heavy atom. The van der Waals surface area contributed by atoms with E-state index in [0.717, 1.165) is 20.6 Å². The van der Waals surface area contributed by atoms with Crippen LogP contribution in [0.2, 0.25) is 0 Å². The standard InChI is InChI=1S/C18H21IN2O2/c1-13(2)23-17-9-3-14(4-10-17)11-20-12-18(22)21-16-7-5-15(19)6-8-16/h3-10,13,20H,11-12H2,1-2H3,(H,21,22). The molecule has 0 atom stereocenters. The summed E-state index contributed by atoms with van der Waals surface area (Å²) in [6, 6.07) is 15.6. The predicted octanol–water partition coefficient (Wildman–Crippen LogP) is 3.81. The van der Waals surface area contributed by atoms with Gasteiger partial charge in [0, 0.05) is 15.8 Å². The first-order valence-corrected chi connectivity index (χ1v) is 8.62. The summed E-state index contributed by atoms with van der Waals surface area (Å²) < 4.78 is 6.74. The molecule has 0 saturated carbocycles. The van der Waals surface area contributed by atoms with E-state index in [1.54, 1.807) is 0 Å². The number of hydrogen-bond acceptors (Lipinski definition) is 3. The summed E-state index contributed by atoms with van der Waals surface area (Å²) in [4.78, 5) is 11.9. The second-order valence-corrected chi connectivity index (χ2v) is 6.71. The Bertz CT molecular complexity index is 624. The molecule has 23 heavy (non-hydrogen) atoms. The smallest absolute Gasteiger partial charge is 0.238 e. The summed E-state index contributed by atoms with van der Waals surface area (Å²) in [7, 11) is 0. The minimum Gasteiger partial charge on any atom is -0.491 e. The van der Waals surface area contributed by atoms with Crippen molar-refractivity contribution in [2.24, 2.45) is 0 Å². The largest absolute Gasteiger partial charge is 0.491 e. The lowest BCUT2D eigenvalue weighted by Crippen LogP contribution is -2.27. The van der Waals surface area contributed by atoms with Crippen LogP contribution in [0.4, 0.5) is 5.69 Å². The molecule has 2 N–H and O–H groups in total. The first kappa shape index (κ1) is 17.7. The number of amides is 1. The van der Waals surface area contributed by atoms with E-state index in [4.69, 9.17) is 4.74 Å². The molecule has 0 unspecified atom stereocenters.